The molecule has 2 aromatic carbocycles. The lowest BCUT2D eigenvalue weighted by molar-refractivity contribution is 0.112. The Balaban J connectivity index is 1.89. The molecule has 2 aromatic heterocycles. The van der Waals surface area contributed by atoms with Gasteiger partial charge in [-0.15, -0.1) is 10.2 Å². The van der Waals surface area contributed by atoms with Crippen LogP contribution in [0.2, 0.25) is 0 Å². The summed E-state index contributed by atoms with van der Waals surface area (Å²) in [5, 5.41) is 8.89. The molecule has 4 rings (SSSR count). The Morgan fingerprint density at radius 2 is 1.50 bits per heavy atom. The summed E-state index contributed by atoms with van der Waals surface area (Å²) in [6.45, 7) is 0. The van der Waals surface area contributed by atoms with Gasteiger partial charge in [-0.2, -0.15) is 0 Å². The largest absolute Gasteiger partial charge is 0.298 e. The number of pyridine rings is 1. The molecule has 0 radical (unpaired) electrons. The van der Waals surface area contributed by atoms with Crippen LogP contribution < -0.4 is 0 Å². The number of aromatic nitrogens is 3. The Bertz CT molecular complexity index is 1030. The summed E-state index contributed by atoms with van der Waals surface area (Å²) in [6, 6.07) is 23.3. The van der Waals surface area contributed by atoms with E-state index in [1.54, 1.807) is 24.5 Å². The molecule has 0 fully saturated rings. The summed E-state index contributed by atoms with van der Waals surface area (Å²) in [7, 11) is 0. The van der Waals surface area contributed by atoms with Crippen molar-refractivity contribution in [2.24, 2.45) is 0 Å². The number of aldehydes is 1. The van der Waals surface area contributed by atoms with E-state index in [0.29, 0.717) is 5.56 Å². The minimum absolute atomic E-state index is 0.634. The van der Waals surface area contributed by atoms with Gasteiger partial charge in [0.2, 0.25) is 0 Å². The number of hydrogen-bond acceptors (Lipinski definition) is 4. The zero-order valence-electron chi connectivity index (χ0n) is 13.9. The standard InChI is InChI=1S/C22H15N3O/c26-15-16-8-10-18(11-9-16)22-20(17-5-2-1-3-6-17)13-21(24-25-22)19-7-4-12-23-14-19/h1-15H. The molecule has 0 saturated carbocycles. The van der Waals surface area contributed by atoms with Crippen LogP contribution in [0.3, 0.4) is 0 Å². The highest BCUT2D eigenvalue weighted by Gasteiger charge is 2.12. The zero-order chi connectivity index (χ0) is 17.8. The van der Waals surface area contributed by atoms with Gasteiger partial charge in [-0.3, -0.25) is 9.78 Å². The number of hydrogen-bond donors (Lipinski definition) is 0. The summed E-state index contributed by atoms with van der Waals surface area (Å²) in [5.74, 6) is 0. The summed E-state index contributed by atoms with van der Waals surface area (Å²) in [6.07, 6.45) is 4.34. The molecule has 0 bridgehead atoms. The van der Waals surface area contributed by atoms with Crippen LogP contribution in [0.15, 0.2) is 85.2 Å². The summed E-state index contributed by atoms with van der Waals surface area (Å²) in [5.41, 5.74) is 6.06. The Kier molecular flexibility index (Phi) is 4.31. The molecule has 4 aromatic rings. The third-order valence-corrected chi connectivity index (χ3v) is 4.16. The fourth-order valence-electron chi connectivity index (χ4n) is 2.82. The van der Waals surface area contributed by atoms with Crippen molar-refractivity contribution >= 4 is 6.29 Å². The van der Waals surface area contributed by atoms with Crippen LogP contribution in [0, 0.1) is 0 Å². The lowest BCUT2D eigenvalue weighted by Gasteiger charge is -2.11. The Morgan fingerprint density at radius 3 is 2.19 bits per heavy atom. The molecule has 0 atom stereocenters. The molecular weight excluding hydrogens is 322 g/mol. The van der Waals surface area contributed by atoms with Gasteiger partial charge in [0.1, 0.15) is 12.0 Å². The maximum atomic E-state index is 10.9. The van der Waals surface area contributed by atoms with Gasteiger partial charge in [-0.25, -0.2) is 0 Å². The Hall–Kier alpha value is -3.66. The third-order valence-electron chi connectivity index (χ3n) is 4.16. The average Bonchev–Trinajstić information content (AvgIpc) is 2.75. The van der Waals surface area contributed by atoms with E-state index in [0.717, 1.165) is 39.9 Å². The first-order valence-corrected chi connectivity index (χ1v) is 8.24. The van der Waals surface area contributed by atoms with Crippen LogP contribution in [0.1, 0.15) is 10.4 Å². The number of carbonyl (C=O) groups is 1. The zero-order valence-corrected chi connectivity index (χ0v) is 13.9. The number of nitrogens with zero attached hydrogens (tertiary/aromatic N) is 3. The quantitative estimate of drug-likeness (QED) is 0.507. The van der Waals surface area contributed by atoms with Crippen LogP contribution in [0.4, 0.5) is 0 Å². The minimum Gasteiger partial charge on any atom is -0.298 e. The highest BCUT2D eigenvalue weighted by molar-refractivity contribution is 5.84. The van der Waals surface area contributed by atoms with E-state index < -0.39 is 0 Å². The lowest BCUT2D eigenvalue weighted by atomic mass is 9.98. The van der Waals surface area contributed by atoms with Gasteiger partial charge in [-0.05, 0) is 23.8 Å². The van der Waals surface area contributed by atoms with E-state index >= 15 is 0 Å². The van der Waals surface area contributed by atoms with E-state index in [9.17, 15) is 4.79 Å². The maximum Gasteiger partial charge on any atom is 0.150 e. The highest BCUT2D eigenvalue weighted by atomic mass is 16.1. The normalized spacial score (nSPS) is 10.5. The van der Waals surface area contributed by atoms with Crippen molar-refractivity contribution in [2.45, 2.75) is 0 Å². The van der Waals surface area contributed by atoms with Gasteiger partial charge in [0.25, 0.3) is 0 Å². The average molecular weight is 337 g/mol. The third kappa shape index (κ3) is 3.13. The fourth-order valence-corrected chi connectivity index (χ4v) is 2.82. The molecule has 26 heavy (non-hydrogen) atoms. The number of benzene rings is 2. The van der Waals surface area contributed by atoms with Gasteiger partial charge in [0.05, 0.1) is 5.69 Å². The summed E-state index contributed by atoms with van der Waals surface area (Å²) >= 11 is 0. The second kappa shape index (κ2) is 7.07. The molecule has 0 aliphatic carbocycles. The Morgan fingerprint density at radius 1 is 0.731 bits per heavy atom. The van der Waals surface area contributed by atoms with Crippen LogP contribution in [0.5, 0.6) is 0 Å². The van der Waals surface area contributed by atoms with E-state index in [-0.39, 0.29) is 0 Å². The lowest BCUT2D eigenvalue weighted by Crippen LogP contribution is -1.96. The summed E-state index contributed by atoms with van der Waals surface area (Å²) in [4.78, 5) is 15.1. The van der Waals surface area contributed by atoms with Crippen molar-refractivity contribution in [3.05, 3.63) is 90.8 Å². The van der Waals surface area contributed by atoms with Crippen LogP contribution >= 0.6 is 0 Å². The van der Waals surface area contributed by atoms with Gasteiger partial charge in [-0.1, -0.05) is 54.6 Å². The highest BCUT2D eigenvalue weighted by Crippen LogP contribution is 2.32. The molecule has 0 saturated heterocycles. The molecule has 0 amide bonds. The monoisotopic (exact) mass is 337 g/mol. The van der Waals surface area contributed by atoms with Crippen LogP contribution in [0.25, 0.3) is 33.6 Å². The first-order chi connectivity index (χ1) is 12.8. The fraction of sp³-hybridized carbons (Fsp3) is 0. The first-order valence-electron chi connectivity index (χ1n) is 8.24. The molecule has 4 nitrogen and oxygen atoms in total. The number of rotatable bonds is 4. The minimum atomic E-state index is 0.634. The van der Waals surface area contributed by atoms with E-state index in [1.165, 1.54) is 0 Å². The maximum absolute atomic E-state index is 10.9. The Labute approximate surface area is 151 Å². The second-order valence-electron chi connectivity index (χ2n) is 5.84. The van der Waals surface area contributed by atoms with Crippen LogP contribution in [-0.2, 0) is 0 Å². The predicted octanol–water partition coefficient (Wildman–Crippen LogP) is 4.69. The molecule has 0 unspecified atom stereocenters. The molecular formula is C22H15N3O. The van der Waals surface area contributed by atoms with Gasteiger partial charge in [0, 0.05) is 34.6 Å². The SMILES string of the molecule is O=Cc1ccc(-c2nnc(-c3cccnc3)cc2-c2ccccc2)cc1. The van der Waals surface area contributed by atoms with Crippen molar-refractivity contribution in [1.82, 2.24) is 15.2 Å². The number of carbonyl (C=O) groups excluding carboxylic acids is 1. The molecule has 0 spiro atoms. The molecule has 4 heteroatoms. The molecule has 0 aliphatic heterocycles. The topological polar surface area (TPSA) is 55.7 Å². The molecule has 0 N–H and O–H groups in total. The predicted molar refractivity (Wildman–Crippen MR) is 102 cm³/mol. The second-order valence-corrected chi connectivity index (χ2v) is 5.84. The summed E-state index contributed by atoms with van der Waals surface area (Å²) < 4.78 is 0. The van der Waals surface area contributed by atoms with Gasteiger partial charge in [0.15, 0.2) is 0 Å². The first kappa shape index (κ1) is 15.8. The van der Waals surface area contributed by atoms with Crippen molar-refractivity contribution in [2.75, 3.05) is 0 Å². The van der Waals surface area contributed by atoms with Crippen molar-refractivity contribution in [3.63, 3.8) is 0 Å². The van der Waals surface area contributed by atoms with Gasteiger partial charge >= 0.3 is 0 Å². The molecule has 124 valence electrons. The van der Waals surface area contributed by atoms with E-state index in [4.69, 9.17) is 0 Å². The molecule has 0 aliphatic rings. The van der Waals surface area contributed by atoms with Crippen molar-refractivity contribution < 1.29 is 4.79 Å². The van der Waals surface area contributed by atoms with Crippen LogP contribution in [-0.4, -0.2) is 21.5 Å². The van der Waals surface area contributed by atoms with E-state index in [2.05, 4.69) is 15.2 Å². The van der Waals surface area contributed by atoms with Gasteiger partial charge < -0.3 is 0 Å². The molecule has 2 heterocycles. The van der Waals surface area contributed by atoms with Crippen molar-refractivity contribution in [3.8, 4) is 33.6 Å². The van der Waals surface area contributed by atoms with Crippen molar-refractivity contribution in [1.29, 1.82) is 0 Å². The van der Waals surface area contributed by atoms with E-state index in [1.807, 2.05) is 60.7 Å². The smallest absolute Gasteiger partial charge is 0.150 e.